The van der Waals surface area contributed by atoms with Crippen molar-refractivity contribution < 1.29 is 8.42 Å². The van der Waals surface area contributed by atoms with Crippen LogP contribution < -0.4 is 5.32 Å². The maximum atomic E-state index is 12.6. The number of benzene rings is 1. The zero-order valence-electron chi connectivity index (χ0n) is 12.2. The van der Waals surface area contributed by atoms with Crippen LogP contribution in [0, 0.1) is 5.92 Å². The molecular weight excluding hydrogens is 272 g/mol. The van der Waals surface area contributed by atoms with Gasteiger partial charge in [0.25, 0.3) is 0 Å². The van der Waals surface area contributed by atoms with Gasteiger partial charge < -0.3 is 5.32 Å². The van der Waals surface area contributed by atoms with Crippen molar-refractivity contribution in [3.8, 4) is 0 Å². The molecule has 0 spiro atoms. The number of hydrogen-bond acceptors (Lipinski definition) is 3. The predicted octanol–water partition coefficient (Wildman–Crippen LogP) is 2.09. The third-order valence-corrected chi connectivity index (χ3v) is 5.91. The number of sulfonamides is 1. The molecule has 0 saturated carbocycles. The SMILES string of the molecule is CCNC(C)C1CCCN(S(=O)(=O)c2ccccc2)C1. The van der Waals surface area contributed by atoms with Gasteiger partial charge in [-0.15, -0.1) is 0 Å². The van der Waals surface area contributed by atoms with E-state index in [4.69, 9.17) is 0 Å². The fraction of sp³-hybridized carbons (Fsp3) is 0.600. The van der Waals surface area contributed by atoms with Gasteiger partial charge in [0, 0.05) is 19.1 Å². The molecule has 1 heterocycles. The first-order valence-electron chi connectivity index (χ1n) is 7.34. The Kier molecular flexibility index (Phi) is 5.18. The lowest BCUT2D eigenvalue weighted by Gasteiger charge is -2.35. The molecule has 0 aliphatic carbocycles. The van der Waals surface area contributed by atoms with Gasteiger partial charge in [-0.3, -0.25) is 0 Å². The maximum Gasteiger partial charge on any atom is 0.243 e. The molecule has 1 aliphatic heterocycles. The van der Waals surface area contributed by atoms with E-state index in [0.717, 1.165) is 19.4 Å². The zero-order chi connectivity index (χ0) is 14.6. The molecule has 2 unspecified atom stereocenters. The second kappa shape index (κ2) is 6.70. The lowest BCUT2D eigenvalue weighted by atomic mass is 9.93. The average molecular weight is 296 g/mol. The van der Waals surface area contributed by atoms with Crippen molar-refractivity contribution in [1.29, 1.82) is 0 Å². The highest BCUT2D eigenvalue weighted by Gasteiger charge is 2.31. The Morgan fingerprint density at radius 2 is 2.05 bits per heavy atom. The van der Waals surface area contributed by atoms with Crippen LogP contribution >= 0.6 is 0 Å². The van der Waals surface area contributed by atoms with Crippen LogP contribution in [0.4, 0.5) is 0 Å². The van der Waals surface area contributed by atoms with Gasteiger partial charge in [0.15, 0.2) is 0 Å². The highest BCUT2D eigenvalue weighted by atomic mass is 32.2. The zero-order valence-corrected chi connectivity index (χ0v) is 13.1. The van der Waals surface area contributed by atoms with E-state index in [9.17, 15) is 8.42 Å². The third-order valence-electron chi connectivity index (χ3n) is 4.03. The molecule has 1 aliphatic rings. The standard InChI is InChI=1S/C15H24N2O2S/c1-3-16-13(2)14-8-7-11-17(12-14)20(18,19)15-9-5-4-6-10-15/h4-6,9-10,13-14,16H,3,7-8,11-12H2,1-2H3. The molecule has 1 fully saturated rings. The third kappa shape index (κ3) is 3.40. The predicted molar refractivity (Wildman–Crippen MR) is 81.1 cm³/mol. The van der Waals surface area contributed by atoms with Crippen LogP contribution in [0.2, 0.25) is 0 Å². The molecule has 4 nitrogen and oxygen atoms in total. The molecule has 0 amide bonds. The second-order valence-electron chi connectivity index (χ2n) is 5.42. The van der Waals surface area contributed by atoms with E-state index in [1.54, 1.807) is 28.6 Å². The molecule has 1 aromatic rings. The Balaban J connectivity index is 2.12. The molecular formula is C15H24N2O2S. The summed E-state index contributed by atoms with van der Waals surface area (Å²) in [6, 6.07) is 9.09. The minimum atomic E-state index is -3.34. The van der Waals surface area contributed by atoms with E-state index >= 15 is 0 Å². The number of rotatable bonds is 5. The molecule has 2 rings (SSSR count). The molecule has 1 saturated heterocycles. The first-order valence-corrected chi connectivity index (χ1v) is 8.78. The van der Waals surface area contributed by atoms with Crippen molar-refractivity contribution in [1.82, 2.24) is 9.62 Å². The number of hydrogen-bond donors (Lipinski definition) is 1. The molecule has 2 atom stereocenters. The Hall–Kier alpha value is -0.910. The van der Waals surface area contributed by atoms with Crippen LogP contribution in [0.15, 0.2) is 35.2 Å². The normalized spacial score (nSPS) is 22.6. The molecule has 0 aromatic heterocycles. The van der Waals surface area contributed by atoms with Gasteiger partial charge in [-0.1, -0.05) is 25.1 Å². The Bertz CT molecular complexity index is 516. The van der Waals surface area contributed by atoms with Gasteiger partial charge in [-0.25, -0.2) is 8.42 Å². The minimum absolute atomic E-state index is 0.355. The Labute approximate surface area is 122 Å². The van der Waals surface area contributed by atoms with Crippen LogP contribution in [-0.4, -0.2) is 38.4 Å². The Morgan fingerprint density at radius 1 is 1.35 bits per heavy atom. The number of piperidine rings is 1. The first-order chi connectivity index (χ1) is 9.55. The van der Waals surface area contributed by atoms with Crippen LogP contribution in [-0.2, 0) is 10.0 Å². The monoisotopic (exact) mass is 296 g/mol. The van der Waals surface area contributed by atoms with Crippen LogP contribution in [0.3, 0.4) is 0 Å². The van der Waals surface area contributed by atoms with Crippen molar-refractivity contribution in [2.24, 2.45) is 5.92 Å². The molecule has 1 N–H and O–H groups in total. The topological polar surface area (TPSA) is 49.4 Å². The minimum Gasteiger partial charge on any atom is -0.314 e. The van der Waals surface area contributed by atoms with Crippen molar-refractivity contribution in [3.63, 3.8) is 0 Å². The maximum absolute atomic E-state index is 12.6. The summed E-state index contributed by atoms with van der Waals surface area (Å²) in [5, 5.41) is 3.41. The highest BCUT2D eigenvalue weighted by molar-refractivity contribution is 7.89. The number of nitrogens with one attached hydrogen (secondary N) is 1. The summed E-state index contributed by atoms with van der Waals surface area (Å²) in [7, 11) is -3.34. The van der Waals surface area contributed by atoms with Gasteiger partial charge in [0.1, 0.15) is 0 Å². The van der Waals surface area contributed by atoms with Crippen molar-refractivity contribution in [3.05, 3.63) is 30.3 Å². The van der Waals surface area contributed by atoms with Gasteiger partial charge in [-0.2, -0.15) is 4.31 Å². The van der Waals surface area contributed by atoms with E-state index in [-0.39, 0.29) is 0 Å². The second-order valence-corrected chi connectivity index (χ2v) is 7.36. The Morgan fingerprint density at radius 3 is 2.70 bits per heavy atom. The fourth-order valence-electron chi connectivity index (χ4n) is 2.83. The lowest BCUT2D eigenvalue weighted by Crippen LogP contribution is -2.46. The summed E-state index contributed by atoms with van der Waals surface area (Å²) in [5.74, 6) is 0.391. The molecule has 0 radical (unpaired) electrons. The highest BCUT2D eigenvalue weighted by Crippen LogP contribution is 2.25. The van der Waals surface area contributed by atoms with Crippen LogP contribution in [0.5, 0.6) is 0 Å². The summed E-state index contributed by atoms with van der Waals surface area (Å²) < 4.78 is 26.9. The van der Waals surface area contributed by atoms with Crippen LogP contribution in [0.1, 0.15) is 26.7 Å². The van der Waals surface area contributed by atoms with Crippen molar-refractivity contribution in [2.75, 3.05) is 19.6 Å². The van der Waals surface area contributed by atoms with E-state index in [1.165, 1.54) is 0 Å². The molecule has 112 valence electrons. The summed E-state index contributed by atoms with van der Waals surface area (Å²) in [5.41, 5.74) is 0. The van der Waals surface area contributed by atoms with Gasteiger partial charge in [0.05, 0.1) is 4.90 Å². The van der Waals surface area contributed by atoms with Gasteiger partial charge in [-0.05, 0) is 44.4 Å². The van der Waals surface area contributed by atoms with Crippen molar-refractivity contribution >= 4 is 10.0 Å². The number of nitrogens with zero attached hydrogens (tertiary/aromatic N) is 1. The quantitative estimate of drug-likeness (QED) is 0.905. The van der Waals surface area contributed by atoms with E-state index in [1.807, 2.05) is 6.07 Å². The van der Waals surface area contributed by atoms with Gasteiger partial charge in [0.2, 0.25) is 10.0 Å². The first kappa shape index (κ1) is 15.5. The smallest absolute Gasteiger partial charge is 0.243 e. The van der Waals surface area contributed by atoms with Gasteiger partial charge >= 0.3 is 0 Å². The summed E-state index contributed by atoms with van der Waals surface area (Å²) in [6.45, 7) is 6.39. The average Bonchev–Trinajstić information content (AvgIpc) is 2.48. The molecule has 20 heavy (non-hydrogen) atoms. The van der Waals surface area contributed by atoms with E-state index in [2.05, 4.69) is 19.2 Å². The molecule has 1 aromatic carbocycles. The molecule has 0 bridgehead atoms. The summed E-state index contributed by atoms with van der Waals surface area (Å²) in [6.07, 6.45) is 2.03. The lowest BCUT2D eigenvalue weighted by molar-refractivity contribution is 0.225. The van der Waals surface area contributed by atoms with Crippen LogP contribution in [0.25, 0.3) is 0 Å². The summed E-state index contributed by atoms with van der Waals surface area (Å²) in [4.78, 5) is 0.400. The largest absolute Gasteiger partial charge is 0.314 e. The summed E-state index contributed by atoms with van der Waals surface area (Å²) >= 11 is 0. The van der Waals surface area contributed by atoms with E-state index in [0.29, 0.717) is 29.9 Å². The fourth-order valence-corrected chi connectivity index (χ4v) is 4.39. The molecule has 5 heteroatoms. The van der Waals surface area contributed by atoms with Crippen molar-refractivity contribution in [2.45, 2.75) is 37.6 Å². The van der Waals surface area contributed by atoms with E-state index < -0.39 is 10.0 Å².